The number of fused-ring (bicyclic) bond motifs is 1. The number of hydrogen-bond acceptors (Lipinski definition) is 7. The van der Waals surface area contributed by atoms with Crippen LogP contribution >= 0.6 is 11.6 Å². The molecule has 8 nitrogen and oxygen atoms in total. The third-order valence-corrected chi connectivity index (χ3v) is 5.16. The van der Waals surface area contributed by atoms with Crippen molar-refractivity contribution in [2.45, 2.75) is 19.3 Å². The molecule has 0 saturated heterocycles. The van der Waals surface area contributed by atoms with Crippen LogP contribution in [0.3, 0.4) is 0 Å². The fourth-order valence-electron chi connectivity index (χ4n) is 3.27. The van der Waals surface area contributed by atoms with Gasteiger partial charge in [-0.15, -0.1) is 5.10 Å². The first-order valence-corrected chi connectivity index (χ1v) is 9.37. The quantitative estimate of drug-likeness (QED) is 0.504. The minimum absolute atomic E-state index is 0.119. The maximum absolute atomic E-state index is 6.21. The molecule has 0 saturated carbocycles. The molecule has 29 heavy (non-hydrogen) atoms. The fraction of sp³-hybridized carbons (Fsp3) is 0.200. The maximum Gasteiger partial charge on any atom is 0.259 e. The molecule has 4 aromatic rings. The zero-order valence-electron chi connectivity index (χ0n) is 15.4. The molecule has 1 atom stereocenters. The number of rotatable bonds is 4. The fourth-order valence-corrected chi connectivity index (χ4v) is 3.49. The van der Waals surface area contributed by atoms with Gasteiger partial charge in [0.25, 0.3) is 5.89 Å². The minimum Gasteiger partial charge on any atom is -0.497 e. The van der Waals surface area contributed by atoms with E-state index in [4.69, 9.17) is 25.6 Å². The zero-order valence-corrected chi connectivity index (χ0v) is 16.2. The summed E-state index contributed by atoms with van der Waals surface area (Å²) in [5.41, 5.74) is 3.07. The molecule has 9 heteroatoms. The van der Waals surface area contributed by atoms with Crippen LogP contribution in [0.2, 0.25) is 5.02 Å². The minimum atomic E-state index is -0.119. The largest absolute Gasteiger partial charge is 0.497 e. The number of aromatic nitrogens is 5. The highest BCUT2D eigenvalue weighted by Crippen LogP contribution is 2.32. The number of benzene rings is 2. The average Bonchev–Trinajstić information content (AvgIpc) is 3.40. The Balaban J connectivity index is 1.40. The van der Waals surface area contributed by atoms with Crippen molar-refractivity contribution in [2.24, 2.45) is 0 Å². The van der Waals surface area contributed by atoms with Crippen LogP contribution in [-0.2, 0) is 17.9 Å². The van der Waals surface area contributed by atoms with Gasteiger partial charge in [-0.3, -0.25) is 0 Å². The second-order valence-corrected chi connectivity index (χ2v) is 6.95. The van der Waals surface area contributed by atoms with Gasteiger partial charge in [-0.25, -0.2) is 4.68 Å². The van der Waals surface area contributed by atoms with Crippen molar-refractivity contribution in [3.05, 3.63) is 64.8 Å². The van der Waals surface area contributed by atoms with E-state index in [9.17, 15) is 0 Å². The van der Waals surface area contributed by atoms with E-state index in [2.05, 4.69) is 20.5 Å². The van der Waals surface area contributed by atoms with E-state index in [0.717, 1.165) is 17.0 Å². The molecular weight excluding hydrogens is 394 g/mol. The molecule has 0 bridgehead atoms. The Morgan fingerprint density at radius 2 is 1.97 bits per heavy atom. The summed E-state index contributed by atoms with van der Waals surface area (Å²) < 4.78 is 18.5. The van der Waals surface area contributed by atoms with Gasteiger partial charge in [0.05, 0.1) is 36.5 Å². The highest BCUT2D eigenvalue weighted by molar-refractivity contribution is 6.33. The lowest BCUT2D eigenvalue weighted by molar-refractivity contribution is -0.00114. The van der Waals surface area contributed by atoms with Gasteiger partial charge in [0.2, 0.25) is 5.82 Å². The Morgan fingerprint density at radius 3 is 2.76 bits per heavy atom. The van der Waals surface area contributed by atoms with E-state index < -0.39 is 0 Å². The molecule has 5 rings (SSSR count). The van der Waals surface area contributed by atoms with Gasteiger partial charge < -0.3 is 14.0 Å². The van der Waals surface area contributed by atoms with Crippen molar-refractivity contribution in [3.8, 4) is 28.7 Å². The summed E-state index contributed by atoms with van der Waals surface area (Å²) >= 11 is 6.21. The Kier molecular flexibility index (Phi) is 4.49. The Hall–Kier alpha value is -3.23. The van der Waals surface area contributed by atoms with Crippen molar-refractivity contribution in [1.82, 2.24) is 25.1 Å². The van der Waals surface area contributed by atoms with Gasteiger partial charge in [0, 0.05) is 0 Å². The molecule has 3 heterocycles. The van der Waals surface area contributed by atoms with E-state index in [1.807, 2.05) is 47.1 Å². The molecule has 0 fully saturated rings. The third-order valence-electron chi connectivity index (χ3n) is 4.83. The van der Waals surface area contributed by atoms with Crippen LogP contribution in [0.25, 0.3) is 23.0 Å². The van der Waals surface area contributed by atoms with E-state index in [-0.39, 0.29) is 6.10 Å². The lowest BCUT2D eigenvalue weighted by Crippen LogP contribution is -2.22. The number of ether oxygens (including phenoxy) is 2. The summed E-state index contributed by atoms with van der Waals surface area (Å²) in [7, 11) is 1.64. The number of halogens is 1. The van der Waals surface area contributed by atoms with Gasteiger partial charge in [-0.2, -0.15) is 4.98 Å². The maximum atomic E-state index is 6.21. The molecule has 2 aromatic carbocycles. The van der Waals surface area contributed by atoms with Crippen LogP contribution in [-0.4, -0.2) is 32.2 Å². The van der Waals surface area contributed by atoms with Crippen molar-refractivity contribution in [1.29, 1.82) is 0 Å². The van der Waals surface area contributed by atoms with Crippen molar-refractivity contribution < 1.29 is 14.0 Å². The van der Waals surface area contributed by atoms with Gasteiger partial charge in [0.15, 0.2) is 5.69 Å². The monoisotopic (exact) mass is 409 g/mol. The van der Waals surface area contributed by atoms with E-state index >= 15 is 0 Å². The highest BCUT2D eigenvalue weighted by atomic mass is 35.5. The Labute approximate surface area is 171 Å². The van der Waals surface area contributed by atoms with Crippen LogP contribution in [0.5, 0.6) is 5.75 Å². The van der Waals surface area contributed by atoms with Crippen LogP contribution < -0.4 is 4.74 Å². The van der Waals surface area contributed by atoms with Crippen LogP contribution in [0.1, 0.15) is 17.4 Å². The molecule has 0 radical (unpaired) electrons. The molecule has 0 aliphatic carbocycles. The smallest absolute Gasteiger partial charge is 0.259 e. The summed E-state index contributed by atoms with van der Waals surface area (Å²) in [4.78, 5) is 4.44. The third kappa shape index (κ3) is 3.26. The molecule has 0 amide bonds. The van der Waals surface area contributed by atoms with Crippen molar-refractivity contribution >= 4 is 11.6 Å². The highest BCUT2D eigenvalue weighted by Gasteiger charge is 2.27. The first-order chi connectivity index (χ1) is 14.2. The number of nitrogens with zero attached hydrogens (tertiary/aromatic N) is 5. The SMILES string of the molecule is COc1ccc([C@H]2Cn3nnc(-c4noc(-c5ccccc5Cl)n4)c3CO2)cc1. The molecule has 0 N–H and O–H groups in total. The summed E-state index contributed by atoms with van der Waals surface area (Å²) in [6.07, 6.45) is -0.119. The normalized spacial score (nSPS) is 15.9. The van der Waals surface area contributed by atoms with Crippen LogP contribution in [0, 0.1) is 0 Å². The summed E-state index contributed by atoms with van der Waals surface area (Å²) in [5.74, 6) is 1.49. The standard InChI is InChI=1S/C20H16ClN5O3/c1-27-13-8-6-12(7-9-13)17-10-26-16(11-28-17)18(23-25-26)19-22-20(29-24-19)14-4-2-3-5-15(14)21/h2-9,17H,10-11H2,1H3/t17-/m1/s1. The van der Waals surface area contributed by atoms with E-state index in [1.165, 1.54) is 0 Å². The molecule has 2 aromatic heterocycles. The first kappa shape index (κ1) is 17.8. The molecule has 0 spiro atoms. The molecule has 146 valence electrons. The second kappa shape index (κ2) is 7.31. The van der Waals surface area contributed by atoms with Crippen molar-refractivity contribution in [2.75, 3.05) is 7.11 Å². The Morgan fingerprint density at radius 1 is 1.14 bits per heavy atom. The number of hydrogen-bond donors (Lipinski definition) is 0. The predicted molar refractivity (Wildman–Crippen MR) is 104 cm³/mol. The van der Waals surface area contributed by atoms with Crippen LogP contribution in [0.4, 0.5) is 0 Å². The molecule has 1 aliphatic rings. The van der Waals surface area contributed by atoms with Gasteiger partial charge in [-0.1, -0.05) is 46.2 Å². The number of methoxy groups -OCH3 is 1. The summed E-state index contributed by atoms with van der Waals surface area (Å²) in [5, 5.41) is 13.1. The zero-order chi connectivity index (χ0) is 19.8. The van der Waals surface area contributed by atoms with Gasteiger partial charge >= 0.3 is 0 Å². The second-order valence-electron chi connectivity index (χ2n) is 6.54. The molecular formula is C20H16ClN5O3. The van der Waals surface area contributed by atoms with Gasteiger partial charge in [-0.05, 0) is 29.8 Å². The van der Waals surface area contributed by atoms with E-state index in [0.29, 0.717) is 41.1 Å². The average molecular weight is 410 g/mol. The predicted octanol–water partition coefficient (Wildman–Crippen LogP) is 3.93. The van der Waals surface area contributed by atoms with E-state index in [1.54, 1.807) is 13.2 Å². The van der Waals surface area contributed by atoms with Gasteiger partial charge in [0.1, 0.15) is 11.9 Å². The van der Waals surface area contributed by atoms with Crippen LogP contribution in [0.15, 0.2) is 53.1 Å². The molecule has 0 unspecified atom stereocenters. The first-order valence-electron chi connectivity index (χ1n) is 9.00. The molecule has 1 aliphatic heterocycles. The topological polar surface area (TPSA) is 88.1 Å². The summed E-state index contributed by atoms with van der Waals surface area (Å²) in [6, 6.07) is 15.1. The Bertz CT molecular complexity index is 1160. The summed E-state index contributed by atoms with van der Waals surface area (Å²) in [6.45, 7) is 0.888. The lowest BCUT2D eigenvalue weighted by atomic mass is 10.1. The van der Waals surface area contributed by atoms with Crippen molar-refractivity contribution in [3.63, 3.8) is 0 Å². The lowest BCUT2D eigenvalue weighted by Gasteiger charge is -2.24.